The third-order valence-electron chi connectivity index (χ3n) is 7.33. The minimum absolute atomic E-state index is 0.327. The van der Waals surface area contributed by atoms with Crippen LogP contribution in [0.2, 0.25) is 0 Å². The third-order valence-corrected chi connectivity index (χ3v) is 7.33. The summed E-state index contributed by atoms with van der Waals surface area (Å²) in [6.07, 6.45) is -17.2. The summed E-state index contributed by atoms with van der Waals surface area (Å²) >= 11 is 0. The Morgan fingerprint density at radius 2 is 1.45 bits per heavy atom. The number of unbranched alkanes of at least 4 members (excludes halogenated alkanes) is 2. The highest BCUT2D eigenvalue weighted by Crippen LogP contribution is 2.31. The standard InChI is InChI=1S/C25H44O15/c1-3-5-6-7-11(4-2)37-25-22(19(32)16(29)13(8-26)38-25)40-24-21(34)18(31)17(30)14(39-24)10-36-23-20(33)15(28)12(27)9-35-23/h4,11-34H,2-3,5-10H2,1H3/t11-,12+,13+,14+,15-,16+,17+,18-,19-,20+,21+,22+,23-,24-,25+/m0/s1. The minimum Gasteiger partial charge on any atom is -0.394 e. The van der Waals surface area contributed by atoms with Gasteiger partial charge in [0.1, 0.15) is 67.1 Å². The molecule has 0 bridgehead atoms. The zero-order chi connectivity index (χ0) is 29.6. The van der Waals surface area contributed by atoms with Crippen molar-refractivity contribution in [1.82, 2.24) is 0 Å². The smallest absolute Gasteiger partial charge is 0.187 e. The number of rotatable bonds is 13. The van der Waals surface area contributed by atoms with Gasteiger partial charge in [-0.15, -0.1) is 6.58 Å². The molecule has 15 atom stereocenters. The fourth-order valence-electron chi connectivity index (χ4n) is 4.76. The van der Waals surface area contributed by atoms with Gasteiger partial charge in [0, 0.05) is 0 Å². The predicted octanol–water partition coefficient (Wildman–Crippen LogP) is -3.77. The van der Waals surface area contributed by atoms with Crippen LogP contribution in [-0.2, 0) is 28.4 Å². The Kier molecular flexibility index (Phi) is 13.1. The molecule has 3 heterocycles. The van der Waals surface area contributed by atoms with E-state index in [0.29, 0.717) is 6.42 Å². The Hall–Kier alpha value is -0.860. The number of ether oxygens (including phenoxy) is 6. The first kappa shape index (κ1) is 33.6. The van der Waals surface area contributed by atoms with Gasteiger partial charge in [0.05, 0.1) is 25.9 Å². The molecule has 3 aliphatic heterocycles. The van der Waals surface area contributed by atoms with E-state index in [1.807, 2.05) is 6.92 Å². The van der Waals surface area contributed by atoms with E-state index in [4.69, 9.17) is 28.4 Å². The van der Waals surface area contributed by atoms with Crippen LogP contribution in [0.25, 0.3) is 0 Å². The van der Waals surface area contributed by atoms with Crippen LogP contribution in [0, 0.1) is 0 Å². The lowest BCUT2D eigenvalue weighted by Gasteiger charge is -2.46. The first-order valence-corrected chi connectivity index (χ1v) is 13.6. The van der Waals surface area contributed by atoms with E-state index >= 15 is 0 Å². The molecule has 15 nitrogen and oxygen atoms in total. The Balaban J connectivity index is 1.71. The van der Waals surface area contributed by atoms with Crippen LogP contribution in [0.4, 0.5) is 0 Å². The molecule has 0 aromatic carbocycles. The van der Waals surface area contributed by atoms with E-state index in [1.165, 1.54) is 0 Å². The molecule has 0 aromatic heterocycles. The molecule has 234 valence electrons. The molecule has 3 saturated heterocycles. The number of aliphatic hydroxyl groups is 9. The molecule has 15 heteroatoms. The van der Waals surface area contributed by atoms with E-state index in [2.05, 4.69) is 6.58 Å². The zero-order valence-electron chi connectivity index (χ0n) is 22.4. The van der Waals surface area contributed by atoms with Gasteiger partial charge in [-0.05, 0) is 6.42 Å². The molecule has 40 heavy (non-hydrogen) atoms. The molecular formula is C25H44O15. The van der Waals surface area contributed by atoms with Crippen molar-refractivity contribution in [2.24, 2.45) is 0 Å². The van der Waals surface area contributed by atoms with Gasteiger partial charge < -0.3 is 74.4 Å². The highest BCUT2D eigenvalue weighted by Gasteiger charge is 2.51. The summed E-state index contributed by atoms with van der Waals surface area (Å²) in [6, 6.07) is 0. The Morgan fingerprint density at radius 3 is 2.10 bits per heavy atom. The predicted molar refractivity (Wildman–Crippen MR) is 132 cm³/mol. The summed E-state index contributed by atoms with van der Waals surface area (Å²) in [4.78, 5) is 0. The maximum absolute atomic E-state index is 10.8. The highest BCUT2D eigenvalue weighted by atomic mass is 16.8. The van der Waals surface area contributed by atoms with Gasteiger partial charge in [-0.25, -0.2) is 0 Å². The van der Waals surface area contributed by atoms with E-state index in [1.54, 1.807) is 6.08 Å². The van der Waals surface area contributed by atoms with Gasteiger partial charge in [0.25, 0.3) is 0 Å². The van der Waals surface area contributed by atoms with Crippen molar-refractivity contribution in [2.75, 3.05) is 19.8 Å². The first-order chi connectivity index (χ1) is 19.0. The van der Waals surface area contributed by atoms with Crippen molar-refractivity contribution in [3.63, 3.8) is 0 Å². The molecule has 0 aromatic rings. The zero-order valence-corrected chi connectivity index (χ0v) is 22.4. The Bertz CT molecular complexity index is 760. The second-order valence-corrected chi connectivity index (χ2v) is 10.3. The van der Waals surface area contributed by atoms with E-state index in [0.717, 1.165) is 19.3 Å². The molecule has 0 radical (unpaired) electrons. The van der Waals surface area contributed by atoms with Crippen molar-refractivity contribution in [3.8, 4) is 0 Å². The Morgan fingerprint density at radius 1 is 0.800 bits per heavy atom. The molecular weight excluding hydrogens is 540 g/mol. The molecule has 0 unspecified atom stereocenters. The summed E-state index contributed by atoms with van der Waals surface area (Å²) in [5.74, 6) is 0. The monoisotopic (exact) mass is 584 g/mol. The maximum atomic E-state index is 10.8. The summed E-state index contributed by atoms with van der Waals surface area (Å²) in [5, 5.41) is 91.9. The third kappa shape index (κ3) is 7.94. The van der Waals surface area contributed by atoms with Gasteiger partial charge in [-0.1, -0.05) is 32.3 Å². The minimum atomic E-state index is -1.82. The number of hydrogen-bond donors (Lipinski definition) is 9. The second kappa shape index (κ2) is 15.6. The van der Waals surface area contributed by atoms with E-state index < -0.39 is 105 Å². The van der Waals surface area contributed by atoms with Crippen LogP contribution in [0.15, 0.2) is 12.7 Å². The SMILES string of the molecule is C=C[C@@H](CCCCC)O[C@@H]1O[C@H](CO)[C@@H](O)[C@H](O)[C@H]1O[C@@H]1O[C@H](CO[C@@H]2OC[C@@H](O)[C@H](O)[C@H]2O)[C@@H](O)[C@H](O)[C@H]1O. The van der Waals surface area contributed by atoms with Crippen molar-refractivity contribution in [3.05, 3.63) is 12.7 Å². The second-order valence-electron chi connectivity index (χ2n) is 10.3. The van der Waals surface area contributed by atoms with Crippen molar-refractivity contribution < 1.29 is 74.4 Å². The summed E-state index contributed by atoms with van der Waals surface area (Å²) in [7, 11) is 0. The normalized spacial score (nSPS) is 45.2. The fourth-order valence-corrected chi connectivity index (χ4v) is 4.76. The molecule has 0 spiro atoms. The van der Waals surface area contributed by atoms with Crippen molar-refractivity contribution in [2.45, 2.75) is 125 Å². The largest absolute Gasteiger partial charge is 0.394 e. The van der Waals surface area contributed by atoms with Crippen LogP contribution in [0.3, 0.4) is 0 Å². The van der Waals surface area contributed by atoms with Crippen LogP contribution in [0.1, 0.15) is 32.6 Å². The number of hydrogen-bond acceptors (Lipinski definition) is 15. The molecule has 9 N–H and O–H groups in total. The Labute approximate surface area is 232 Å². The molecule has 0 amide bonds. The van der Waals surface area contributed by atoms with Gasteiger partial charge in [-0.3, -0.25) is 0 Å². The van der Waals surface area contributed by atoms with Crippen LogP contribution < -0.4 is 0 Å². The van der Waals surface area contributed by atoms with Crippen LogP contribution >= 0.6 is 0 Å². The average Bonchev–Trinajstić information content (AvgIpc) is 2.95. The fraction of sp³-hybridized carbons (Fsp3) is 0.920. The van der Waals surface area contributed by atoms with Gasteiger partial charge >= 0.3 is 0 Å². The maximum Gasteiger partial charge on any atom is 0.187 e. The molecule has 3 rings (SSSR count). The van der Waals surface area contributed by atoms with Crippen molar-refractivity contribution >= 4 is 0 Å². The summed E-state index contributed by atoms with van der Waals surface area (Å²) < 4.78 is 33.6. The van der Waals surface area contributed by atoms with Crippen LogP contribution in [-0.4, -0.2) is 158 Å². The lowest BCUT2D eigenvalue weighted by molar-refractivity contribution is -0.373. The van der Waals surface area contributed by atoms with E-state index in [9.17, 15) is 46.0 Å². The van der Waals surface area contributed by atoms with Gasteiger partial charge in [0.2, 0.25) is 0 Å². The van der Waals surface area contributed by atoms with E-state index in [-0.39, 0.29) is 6.61 Å². The van der Waals surface area contributed by atoms with Crippen molar-refractivity contribution in [1.29, 1.82) is 0 Å². The first-order valence-electron chi connectivity index (χ1n) is 13.6. The highest BCUT2D eigenvalue weighted by molar-refractivity contribution is 4.95. The lowest BCUT2D eigenvalue weighted by Crippen LogP contribution is -2.65. The molecule has 0 aliphatic carbocycles. The molecule has 3 fully saturated rings. The quantitative estimate of drug-likeness (QED) is 0.0746. The summed E-state index contributed by atoms with van der Waals surface area (Å²) in [5.41, 5.74) is 0. The van der Waals surface area contributed by atoms with Gasteiger partial charge in [0.15, 0.2) is 18.9 Å². The summed E-state index contributed by atoms with van der Waals surface area (Å²) in [6.45, 7) is 4.32. The molecule has 0 saturated carbocycles. The molecule has 3 aliphatic rings. The average molecular weight is 585 g/mol. The topological polar surface area (TPSA) is 237 Å². The lowest BCUT2D eigenvalue weighted by atomic mass is 9.97. The number of aliphatic hydroxyl groups excluding tert-OH is 9. The van der Waals surface area contributed by atoms with Crippen LogP contribution in [0.5, 0.6) is 0 Å². The van der Waals surface area contributed by atoms with Gasteiger partial charge in [-0.2, -0.15) is 0 Å².